The van der Waals surface area contributed by atoms with Gasteiger partial charge in [0.1, 0.15) is 0 Å². The average Bonchev–Trinajstić information content (AvgIpc) is 2.39. The van der Waals surface area contributed by atoms with Crippen molar-refractivity contribution in [2.75, 3.05) is 19.6 Å². The Balaban J connectivity index is 1.59. The van der Waals surface area contributed by atoms with Crippen LogP contribution in [0.5, 0.6) is 0 Å². The zero-order valence-electron chi connectivity index (χ0n) is 10.7. The lowest BCUT2D eigenvalue weighted by Crippen LogP contribution is -2.61. The van der Waals surface area contributed by atoms with E-state index in [4.69, 9.17) is 0 Å². The van der Waals surface area contributed by atoms with Crippen LogP contribution in [0.1, 0.15) is 38.5 Å². The second-order valence-corrected chi connectivity index (χ2v) is 6.54. The first-order valence-corrected chi connectivity index (χ1v) is 7.58. The summed E-state index contributed by atoms with van der Waals surface area (Å²) in [6, 6.07) is 1.80. The van der Waals surface area contributed by atoms with Crippen molar-refractivity contribution in [2.45, 2.75) is 50.6 Å². The Morgan fingerprint density at radius 2 is 1.88 bits per heavy atom. The van der Waals surface area contributed by atoms with Gasteiger partial charge in [0.25, 0.3) is 0 Å². The SMILES string of the molecule is C1=CN2C[C@H]3C[C@H](CN4CCCC[C@H]34)[C@@H]2CC1. The lowest BCUT2D eigenvalue weighted by Gasteiger charge is -2.56. The van der Waals surface area contributed by atoms with Crippen molar-refractivity contribution in [2.24, 2.45) is 11.8 Å². The minimum atomic E-state index is 0.874. The molecule has 0 unspecified atom stereocenters. The highest BCUT2D eigenvalue weighted by Gasteiger charge is 2.45. The van der Waals surface area contributed by atoms with Crippen molar-refractivity contribution >= 4 is 0 Å². The van der Waals surface area contributed by atoms with Gasteiger partial charge >= 0.3 is 0 Å². The molecule has 0 aromatic carbocycles. The van der Waals surface area contributed by atoms with Crippen LogP contribution in [-0.4, -0.2) is 41.5 Å². The van der Waals surface area contributed by atoms with Crippen LogP contribution >= 0.6 is 0 Å². The largest absolute Gasteiger partial charge is 0.374 e. The Morgan fingerprint density at radius 1 is 0.941 bits per heavy atom. The van der Waals surface area contributed by atoms with Gasteiger partial charge in [0.05, 0.1) is 0 Å². The van der Waals surface area contributed by atoms with Gasteiger partial charge < -0.3 is 4.90 Å². The lowest BCUT2D eigenvalue weighted by atomic mass is 9.71. The number of hydrogen-bond donors (Lipinski definition) is 0. The van der Waals surface area contributed by atoms with E-state index >= 15 is 0 Å². The lowest BCUT2D eigenvalue weighted by molar-refractivity contribution is -0.0495. The summed E-state index contributed by atoms with van der Waals surface area (Å²) in [6.07, 6.45) is 13.4. The molecule has 3 saturated heterocycles. The standard InChI is InChI=1S/C15H24N2/c1-3-7-16-11-13-9-12(14(16)5-1)10-17-8-4-2-6-15(13)17/h3,7,12-15H,1-2,4-6,8-11H2/t12-,13-,14+,15-/m1/s1. The van der Waals surface area contributed by atoms with Crippen molar-refractivity contribution in [3.05, 3.63) is 12.3 Å². The van der Waals surface area contributed by atoms with E-state index in [1.807, 2.05) is 0 Å². The molecule has 0 N–H and O–H groups in total. The Kier molecular flexibility index (Phi) is 2.46. The minimum absolute atomic E-state index is 0.874. The Hall–Kier alpha value is -0.500. The third-order valence-corrected chi connectivity index (χ3v) is 5.62. The average molecular weight is 232 g/mol. The fourth-order valence-electron chi connectivity index (χ4n) is 4.90. The number of piperidine rings is 3. The molecule has 4 rings (SSSR count). The first-order valence-electron chi connectivity index (χ1n) is 7.58. The fourth-order valence-corrected chi connectivity index (χ4v) is 4.90. The molecule has 0 amide bonds. The quantitative estimate of drug-likeness (QED) is 0.633. The number of allylic oxidation sites excluding steroid dienone is 1. The molecular weight excluding hydrogens is 208 g/mol. The predicted molar refractivity (Wildman–Crippen MR) is 69.7 cm³/mol. The first kappa shape index (κ1) is 10.4. The van der Waals surface area contributed by atoms with Crippen LogP contribution in [0.2, 0.25) is 0 Å². The fraction of sp³-hybridized carbons (Fsp3) is 0.867. The molecule has 0 spiro atoms. The van der Waals surface area contributed by atoms with E-state index < -0.39 is 0 Å². The van der Waals surface area contributed by atoms with Crippen LogP contribution in [0.4, 0.5) is 0 Å². The molecule has 94 valence electrons. The monoisotopic (exact) mass is 232 g/mol. The topological polar surface area (TPSA) is 6.48 Å². The maximum atomic E-state index is 2.85. The molecule has 4 heterocycles. The van der Waals surface area contributed by atoms with Gasteiger partial charge in [-0.05, 0) is 56.7 Å². The molecule has 4 atom stereocenters. The van der Waals surface area contributed by atoms with Gasteiger partial charge in [-0.3, -0.25) is 4.90 Å². The van der Waals surface area contributed by atoms with Crippen molar-refractivity contribution in [3.8, 4) is 0 Å². The van der Waals surface area contributed by atoms with E-state index in [0.717, 1.165) is 23.9 Å². The molecule has 17 heavy (non-hydrogen) atoms. The third-order valence-electron chi connectivity index (χ3n) is 5.62. The van der Waals surface area contributed by atoms with Crippen molar-refractivity contribution in [1.82, 2.24) is 9.80 Å². The summed E-state index contributed by atoms with van der Waals surface area (Å²) >= 11 is 0. The summed E-state index contributed by atoms with van der Waals surface area (Å²) in [5.41, 5.74) is 0. The second kappa shape index (κ2) is 4.01. The van der Waals surface area contributed by atoms with Crippen molar-refractivity contribution in [1.29, 1.82) is 0 Å². The maximum absolute atomic E-state index is 2.85. The molecule has 4 aliphatic rings. The zero-order chi connectivity index (χ0) is 11.2. The van der Waals surface area contributed by atoms with Gasteiger partial charge in [-0.1, -0.05) is 12.5 Å². The number of fused-ring (bicyclic) bond motifs is 6. The van der Waals surface area contributed by atoms with Crippen LogP contribution in [0.25, 0.3) is 0 Å². The molecule has 4 aliphatic heterocycles. The summed E-state index contributed by atoms with van der Waals surface area (Å²) in [6.45, 7) is 4.13. The van der Waals surface area contributed by atoms with Gasteiger partial charge in [-0.15, -0.1) is 0 Å². The summed E-state index contributed by atoms with van der Waals surface area (Å²) in [4.78, 5) is 5.53. The van der Waals surface area contributed by atoms with E-state index in [0.29, 0.717) is 0 Å². The molecule has 0 aliphatic carbocycles. The summed E-state index contributed by atoms with van der Waals surface area (Å²) < 4.78 is 0. The summed E-state index contributed by atoms with van der Waals surface area (Å²) in [7, 11) is 0. The number of nitrogens with zero attached hydrogens (tertiary/aromatic N) is 2. The first-order chi connectivity index (χ1) is 8.42. The molecule has 0 radical (unpaired) electrons. The van der Waals surface area contributed by atoms with Crippen molar-refractivity contribution < 1.29 is 0 Å². The summed E-state index contributed by atoms with van der Waals surface area (Å²) in [5, 5.41) is 0. The van der Waals surface area contributed by atoms with Gasteiger partial charge in [0.15, 0.2) is 0 Å². The minimum Gasteiger partial charge on any atom is -0.374 e. The molecule has 2 bridgehead atoms. The van der Waals surface area contributed by atoms with Crippen molar-refractivity contribution in [3.63, 3.8) is 0 Å². The maximum Gasteiger partial charge on any atom is 0.0327 e. The highest BCUT2D eigenvalue weighted by molar-refractivity contribution is 5.05. The summed E-state index contributed by atoms with van der Waals surface area (Å²) in [5.74, 6) is 1.93. The Bertz CT molecular complexity index is 325. The number of rotatable bonds is 0. The molecule has 0 aromatic rings. The molecule has 2 nitrogen and oxygen atoms in total. The Labute approximate surface area is 105 Å². The highest BCUT2D eigenvalue weighted by atomic mass is 15.2. The van der Waals surface area contributed by atoms with E-state index in [1.165, 1.54) is 58.2 Å². The highest BCUT2D eigenvalue weighted by Crippen LogP contribution is 2.42. The van der Waals surface area contributed by atoms with E-state index in [1.54, 1.807) is 0 Å². The van der Waals surface area contributed by atoms with Crippen LogP contribution in [0, 0.1) is 11.8 Å². The predicted octanol–water partition coefficient (Wildman–Crippen LogP) is 2.47. The van der Waals surface area contributed by atoms with Gasteiger partial charge in [-0.25, -0.2) is 0 Å². The zero-order valence-corrected chi connectivity index (χ0v) is 10.7. The van der Waals surface area contributed by atoms with Crippen LogP contribution in [0.3, 0.4) is 0 Å². The third kappa shape index (κ3) is 1.64. The normalized spacial score (nSPS) is 45.3. The van der Waals surface area contributed by atoms with Gasteiger partial charge in [-0.2, -0.15) is 0 Å². The van der Waals surface area contributed by atoms with Crippen LogP contribution < -0.4 is 0 Å². The van der Waals surface area contributed by atoms with Gasteiger partial charge in [0, 0.05) is 25.2 Å². The molecule has 0 saturated carbocycles. The molecule has 2 heteroatoms. The van der Waals surface area contributed by atoms with E-state index in [9.17, 15) is 0 Å². The van der Waals surface area contributed by atoms with Gasteiger partial charge in [0.2, 0.25) is 0 Å². The Morgan fingerprint density at radius 3 is 2.88 bits per heavy atom. The number of hydrogen-bond acceptors (Lipinski definition) is 2. The molecule has 0 aromatic heterocycles. The van der Waals surface area contributed by atoms with E-state index in [-0.39, 0.29) is 0 Å². The smallest absolute Gasteiger partial charge is 0.0327 e. The second-order valence-electron chi connectivity index (χ2n) is 6.54. The van der Waals surface area contributed by atoms with Crippen LogP contribution in [0.15, 0.2) is 12.3 Å². The molecule has 3 fully saturated rings. The molecular formula is C15H24N2. The van der Waals surface area contributed by atoms with E-state index in [2.05, 4.69) is 22.1 Å². The van der Waals surface area contributed by atoms with Crippen LogP contribution in [-0.2, 0) is 0 Å².